The fourth-order valence-corrected chi connectivity index (χ4v) is 1.38. The van der Waals surface area contributed by atoms with Gasteiger partial charge in [-0.3, -0.25) is 0 Å². The number of hydrogen-bond donors (Lipinski definition) is 1. The van der Waals surface area contributed by atoms with Crippen LogP contribution in [0.1, 0.15) is 5.82 Å². The van der Waals surface area contributed by atoms with Crippen molar-refractivity contribution in [2.75, 3.05) is 26.1 Å². The van der Waals surface area contributed by atoms with E-state index in [4.69, 9.17) is 9.47 Å². The molecule has 5 nitrogen and oxygen atoms in total. The molecule has 6 heteroatoms. The van der Waals surface area contributed by atoms with Crippen molar-refractivity contribution < 1.29 is 9.47 Å². The summed E-state index contributed by atoms with van der Waals surface area (Å²) in [4.78, 5) is 4.14. The molecule has 0 unspecified atom stereocenters. The summed E-state index contributed by atoms with van der Waals surface area (Å²) in [5, 5.41) is 3.85. The molecule has 0 bridgehead atoms. The number of nitrogens with one attached hydrogen (secondary N) is 1. The topological polar surface area (TPSA) is 56.3 Å². The maximum atomic E-state index is 5.00. The minimum atomic E-state index is -0.246. The third-order valence-corrected chi connectivity index (χ3v) is 2.24. The molecule has 0 atom stereocenters. The van der Waals surface area contributed by atoms with Gasteiger partial charge in [0.05, 0.1) is 6.54 Å². The Balaban J connectivity index is 2.33. The van der Waals surface area contributed by atoms with Crippen molar-refractivity contribution >= 4 is 16.7 Å². The molecule has 0 saturated carbocycles. The zero-order valence-corrected chi connectivity index (χ0v) is 8.72. The average molecular weight is 203 g/mol. The van der Waals surface area contributed by atoms with Crippen LogP contribution in [0, 0.1) is 6.92 Å². The van der Waals surface area contributed by atoms with Crippen molar-refractivity contribution in [1.29, 1.82) is 0 Å². The number of methoxy groups -OCH3 is 2. The normalized spacial score (nSPS) is 10.8. The lowest BCUT2D eigenvalue weighted by Gasteiger charge is -2.12. The molecular weight excluding hydrogens is 190 g/mol. The van der Waals surface area contributed by atoms with Crippen molar-refractivity contribution in [3.63, 3.8) is 0 Å². The van der Waals surface area contributed by atoms with Gasteiger partial charge in [-0.15, -0.1) is 0 Å². The highest BCUT2D eigenvalue weighted by Gasteiger charge is 2.05. The van der Waals surface area contributed by atoms with Gasteiger partial charge in [-0.1, -0.05) is 0 Å². The van der Waals surface area contributed by atoms with Gasteiger partial charge in [0.1, 0.15) is 5.82 Å². The van der Waals surface area contributed by atoms with Gasteiger partial charge in [-0.25, -0.2) is 4.98 Å². The van der Waals surface area contributed by atoms with E-state index in [1.54, 1.807) is 14.2 Å². The second-order valence-corrected chi connectivity index (χ2v) is 3.18. The van der Waals surface area contributed by atoms with E-state index in [2.05, 4.69) is 14.7 Å². The van der Waals surface area contributed by atoms with E-state index in [0.29, 0.717) is 6.54 Å². The monoisotopic (exact) mass is 203 g/mol. The summed E-state index contributed by atoms with van der Waals surface area (Å²) in [7, 11) is 3.20. The van der Waals surface area contributed by atoms with E-state index in [-0.39, 0.29) is 6.29 Å². The molecule has 0 aliphatic carbocycles. The molecule has 1 rings (SSSR count). The van der Waals surface area contributed by atoms with Crippen molar-refractivity contribution in [2.45, 2.75) is 13.2 Å². The maximum Gasteiger partial charge on any atom is 0.202 e. The minimum Gasteiger partial charge on any atom is -0.355 e. The van der Waals surface area contributed by atoms with Gasteiger partial charge in [0.2, 0.25) is 5.13 Å². The van der Waals surface area contributed by atoms with Gasteiger partial charge in [-0.05, 0) is 6.92 Å². The Morgan fingerprint density at radius 1 is 1.46 bits per heavy atom. The molecule has 1 aromatic heterocycles. The zero-order valence-electron chi connectivity index (χ0n) is 7.90. The number of rotatable bonds is 5. The van der Waals surface area contributed by atoms with Crippen LogP contribution in [0.5, 0.6) is 0 Å². The Bertz CT molecular complexity index is 250. The first-order chi connectivity index (χ1) is 6.26. The first kappa shape index (κ1) is 10.4. The summed E-state index contributed by atoms with van der Waals surface area (Å²) in [6.45, 7) is 2.42. The predicted molar refractivity (Wildman–Crippen MR) is 50.9 cm³/mol. The Labute approximate surface area is 81.3 Å². The summed E-state index contributed by atoms with van der Waals surface area (Å²) in [6, 6.07) is 0. The Kier molecular flexibility index (Phi) is 4.07. The smallest absolute Gasteiger partial charge is 0.202 e. The summed E-state index contributed by atoms with van der Waals surface area (Å²) < 4.78 is 14.0. The SMILES string of the molecule is COC(CNc1nc(C)ns1)OC. The molecule has 0 spiro atoms. The Hall–Kier alpha value is -0.720. The maximum absolute atomic E-state index is 5.00. The molecule has 13 heavy (non-hydrogen) atoms. The average Bonchev–Trinajstić information content (AvgIpc) is 2.53. The molecular formula is C7H13N3O2S. The highest BCUT2D eigenvalue weighted by molar-refractivity contribution is 7.09. The number of ether oxygens (including phenoxy) is 2. The summed E-state index contributed by atoms with van der Waals surface area (Å²) in [5.41, 5.74) is 0. The zero-order chi connectivity index (χ0) is 9.68. The van der Waals surface area contributed by atoms with Crippen LogP contribution in [0.3, 0.4) is 0 Å². The highest BCUT2D eigenvalue weighted by atomic mass is 32.1. The molecule has 0 radical (unpaired) electrons. The quantitative estimate of drug-likeness (QED) is 0.720. The number of hydrogen-bond acceptors (Lipinski definition) is 6. The second-order valence-electron chi connectivity index (χ2n) is 2.43. The van der Waals surface area contributed by atoms with Crippen LogP contribution >= 0.6 is 11.5 Å². The van der Waals surface area contributed by atoms with Gasteiger partial charge in [0, 0.05) is 25.8 Å². The molecule has 1 heterocycles. The molecule has 0 aromatic carbocycles. The predicted octanol–water partition coefficient (Wildman–Crippen LogP) is 0.877. The van der Waals surface area contributed by atoms with Crippen LogP contribution in [0.25, 0.3) is 0 Å². The summed E-state index contributed by atoms with van der Waals surface area (Å²) in [6.07, 6.45) is -0.246. The van der Waals surface area contributed by atoms with Crippen molar-refractivity contribution in [3.05, 3.63) is 5.82 Å². The highest BCUT2D eigenvalue weighted by Crippen LogP contribution is 2.09. The van der Waals surface area contributed by atoms with Crippen LogP contribution in [-0.4, -0.2) is 36.4 Å². The van der Waals surface area contributed by atoms with E-state index < -0.39 is 0 Å². The van der Waals surface area contributed by atoms with E-state index in [9.17, 15) is 0 Å². The third kappa shape index (κ3) is 3.25. The van der Waals surface area contributed by atoms with Crippen LogP contribution in [0.15, 0.2) is 0 Å². The Morgan fingerprint density at radius 3 is 2.62 bits per heavy atom. The third-order valence-electron chi connectivity index (χ3n) is 1.47. The van der Waals surface area contributed by atoms with Gasteiger partial charge < -0.3 is 14.8 Å². The Morgan fingerprint density at radius 2 is 2.15 bits per heavy atom. The van der Waals surface area contributed by atoms with Crippen LogP contribution in [0.2, 0.25) is 0 Å². The summed E-state index contributed by atoms with van der Waals surface area (Å²) in [5.74, 6) is 0.777. The van der Waals surface area contributed by atoms with Crippen molar-refractivity contribution in [1.82, 2.24) is 9.36 Å². The van der Waals surface area contributed by atoms with Gasteiger partial charge >= 0.3 is 0 Å². The van der Waals surface area contributed by atoms with Gasteiger partial charge in [0.15, 0.2) is 6.29 Å². The molecule has 1 N–H and O–H groups in total. The fourth-order valence-electron chi connectivity index (χ4n) is 0.802. The number of nitrogens with zero attached hydrogens (tertiary/aromatic N) is 2. The van der Waals surface area contributed by atoms with Gasteiger partial charge in [-0.2, -0.15) is 4.37 Å². The molecule has 0 saturated heterocycles. The first-order valence-corrected chi connectivity index (χ1v) is 4.63. The summed E-state index contributed by atoms with van der Waals surface area (Å²) >= 11 is 1.33. The lowest BCUT2D eigenvalue weighted by atomic mass is 10.6. The van der Waals surface area contributed by atoms with Gasteiger partial charge in [0.25, 0.3) is 0 Å². The fraction of sp³-hybridized carbons (Fsp3) is 0.714. The van der Waals surface area contributed by atoms with Crippen LogP contribution < -0.4 is 5.32 Å². The second kappa shape index (κ2) is 5.11. The first-order valence-electron chi connectivity index (χ1n) is 3.86. The van der Waals surface area contributed by atoms with Crippen molar-refractivity contribution in [3.8, 4) is 0 Å². The van der Waals surface area contributed by atoms with Crippen LogP contribution in [0.4, 0.5) is 5.13 Å². The van der Waals surface area contributed by atoms with E-state index in [0.717, 1.165) is 11.0 Å². The number of aromatic nitrogens is 2. The van der Waals surface area contributed by atoms with E-state index in [1.807, 2.05) is 6.92 Å². The number of anilines is 1. The lowest BCUT2D eigenvalue weighted by molar-refractivity contribution is -0.0914. The number of aryl methyl sites for hydroxylation is 1. The lowest BCUT2D eigenvalue weighted by Crippen LogP contribution is -2.23. The van der Waals surface area contributed by atoms with Crippen molar-refractivity contribution in [2.24, 2.45) is 0 Å². The van der Waals surface area contributed by atoms with Crippen LogP contribution in [-0.2, 0) is 9.47 Å². The molecule has 0 amide bonds. The molecule has 0 aliphatic rings. The molecule has 0 aliphatic heterocycles. The van der Waals surface area contributed by atoms with E-state index >= 15 is 0 Å². The standard InChI is InChI=1S/C7H13N3O2S/c1-5-9-7(13-10-5)8-4-6(11-2)12-3/h6H,4H2,1-3H3,(H,8,9,10). The van der Waals surface area contributed by atoms with E-state index in [1.165, 1.54) is 11.5 Å². The largest absolute Gasteiger partial charge is 0.355 e. The minimum absolute atomic E-state index is 0.246. The molecule has 0 fully saturated rings. The molecule has 74 valence electrons. The molecule has 1 aromatic rings.